The van der Waals surface area contributed by atoms with Crippen LogP contribution in [0.3, 0.4) is 0 Å². The van der Waals surface area contributed by atoms with E-state index < -0.39 is 10.2 Å². The molecule has 0 amide bonds. The maximum absolute atomic E-state index is 12.5. The average molecular weight is 383 g/mol. The first-order valence-electron chi connectivity index (χ1n) is 6.39. The van der Waals surface area contributed by atoms with Crippen LogP contribution in [-0.4, -0.2) is 31.9 Å². The summed E-state index contributed by atoms with van der Waals surface area (Å²) in [4.78, 5) is 0. The Hall–Kier alpha value is -0.340. The molecule has 1 saturated heterocycles. The lowest BCUT2D eigenvalue weighted by molar-refractivity contribution is 0.259. The van der Waals surface area contributed by atoms with E-state index in [1.54, 1.807) is 18.2 Å². The minimum Gasteiger partial charge on any atom is -0.329 e. The van der Waals surface area contributed by atoms with Crippen LogP contribution in [0, 0.1) is 0 Å². The van der Waals surface area contributed by atoms with Gasteiger partial charge >= 0.3 is 10.2 Å². The molecule has 8 heteroatoms. The van der Waals surface area contributed by atoms with Crippen LogP contribution in [0.4, 0.5) is 5.69 Å². The molecule has 1 heterocycles. The van der Waals surface area contributed by atoms with E-state index in [9.17, 15) is 8.42 Å². The standard InChI is InChI=1S/C12H17BrClN3O2S/c13-9-4-5-11(14)12(7-9)16-20(18,19)17-6-2-1-3-10(17)8-15/h4-5,7,10,16H,1-3,6,8,15H2. The van der Waals surface area contributed by atoms with Crippen molar-refractivity contribution >= 4 is 43.4 Å². The zero-order valence-corrected chi connectivity index (χ0v) is 14.0. The van der Waals surface area contributed by atoms with E-state index in [-0.39, 0.29) is 6.04 Å². The Balaban J connectivity index is 2.24. The predicted molar refractivity (Wildman–Crippen MR) is 85.1 cm³/mol. The summed E-state index contributed by atoms with van der Waals surface area (Å²) in [5.41, 5.74) is 6.03. The summed E-state index contributed by atoms with van der Waals surface area (Å²) in [5.74, 6) is 0. The average Bonchev–Trinajstić information content (AvgIpc) is 2.42. The molecular formula is C12H17BrClN3O2S. The van der Waals surface area contributed by atoms with Crippen LogP contribution in [0.15, 0.2) is 22.7 Å². The first-order chi connectivity index (χ1) is 9.44. The van der Waals surface area contributed by atoms with E-state index in [1.165, 1.54) is 4.31 Å². The van der Waals surface area contributed by atoms with Crippen LogP contribution in [0.2, 0.25) is 5.02 Å². The quantitative estimate of drug-likeness (QED) is 0.840. The van der Waals surface area contributed by atoms with Crippen molar-refractivity contribution in [3.63, 3.8) is 0 Å². The number of hydrogen-bond donors (Lipinski definition) is 2. The SMILES string of the molecule is NCC1CCCCN1S(=O)(=O)Nc1cc(Br)ccc1Cl. The fraction of sp³-hybridized carbons (Fsp3) is 0.500. The highest BCUT2D eigenvalue weighted by Gasteiger charge is 2.31. The molecule has 1 aromatic rings. The first kappa shape index (κ1) is 16.0. The molecule has 0 saturated carbocycles. The molecule has 1 aliphatic heterocycles. The number of benzene rings is 1. The van der Waals surface area contributed by atoms with E-state index in [0.29, 0.717) is 23.8 Å². The maximum atomic E-state index is 12.5. The van der Waals surface area contributed by atoms with Crippen molar-refractivity contribution in [1.82, 2.24) is 4.31 Å². The predicted octanol–water partition coefficient (Wildman–Crippen LogP) is 2.57. The number of nitrogens with one attached hydrogen (secondary N) is 1. The number of halogens is 2. The van der Waals surface area contributed by atoms with Crippen LogP contribution >= 0.6 is 27.5 Å². The molecule has 20 heavy (non-hydrogen) atoms. The minimum atomic E-state index is -3.64. The largest absolute Gasteiger partial charge is 0.329 e. The third kappa shape index (κ3) is 3.65. The van der Waals surface area contributed by atoms with Gasteiger partial charge in [-0.05, 0) is 31.0 Å². The van der Waals surface area contributed by atoms with Crippen molar-refractivity contribution in [2.75, 3.05) is 17.8 Å². The third-order valence-electron chi connectivity index (χ3n) is 3.32. The topological polar surface area (TPSA) is 75.4 Å². The number of anilines is 1. The summed E-state index contributed by atoms with van der Waals surface area (Å²) in [6.07, 6.45) is 2.65. The Morgan fingerprint density at radius 1 is 1.45 bits per heavy atom. The van der Waals surface area contributed by atoms with Gasteiger partial charge in [-0.3, -0.25) is 4.72 Å². The summed E-state index contributed by atoms with van der Waals surface area (Å²) in [5, 5.41) is 0.359. The summed E-state index contributed by atoms with van der Waals surface area (Å²) >= 11 is 9.32. The van der Waals surface area contributed by atoms with Crippen molar-refractivity contribution in [3.8, 4) is 0 Å². The Kier molecular flexibility index (Phi) is 5.30. The molecule has 3 N–H and O–H groups in total. The lowest BCUT2D eigenvalue weighted by Crippen LogP contribution is -2.49. The third-order valence-corrected chi connectivity index (χ3v) is 5.72. The Morgan fingerprint density at radius 3 is 2.90 bits per heavy atom. The minimum absolute atomic E-state index is 0.146. The van der Waals surface area contributed by atoms with Gasteiger partial charge in [0.25, 0.3) is 0 Å². The van der Waals surface area contributed by atoms with Gasteiger partial charge in [0.15, 0.2) is 0 Å². The lowest BCUT2D eigenvalue weighted by Gasteiger charge is -2.33. The molecule has 0 spiro atoms. The Morgan fingerprint density at radius 2 is 2.20 bits per heavy atom. The number of hydrogen-bond acceptors (Lipinski definition) is 3. The van der Waals surface area contributed by atoms with E-state index in [2.05, 4.69) is 20.7 Å². The molecule has 112 valence electrons. The molecule has 0 aromatic heterocycles. The van der Waals surface area contributed by atoms with Crippen LogP contribution < -0.4 is 10.5 Å². The summed E-state index contributed by atoms with van der Waals surface area (Å²) in [6, 6.07) is 4.89. The number of rotatable bonds is 4. The maximum Gasteiger partial charge on any atom is 0.301 e. The van der Waals surface area contributed by atoms with E-state index in [0.717, 1.165) is 23.7 Å². The fourth-order valence-electron chi connectivity index (χ4n) is 2.30. The highest BCUT2D eigenvalue weighted by Crippen LogP contribution is 2.28. The van der Waals surface area contributed by atoms with Gasteiger partial charge in [-0.2, -0.15) is 12.7 Å². The van der Waals surface area contributed by atoms with Crippen LogP contribution in [0.5, 0.6) is 0 Å². The molecule has 2 rings (SSSR count). The molecule has 0 radical (unpaired) electrons. The van der Waals surface area contributed by atoms with Gasteiger partial charge in [-0.15, -0.1) is 0 Å². The zero-order chi connectivity index (χ0) is 14.8. The number of nitrogens with two attached hydrogens (primary N) is 1. The normalized spacial score (nSPS) is 20.9. The summed E-state index contributed by atoms with van der Waals surface area (Å²) < 4.78 is 29.7. The van der Waals surface area contributed by atoms with E-state index >= 15 is 0 Å². The highest BCUT2D eigenvalue weighted by atomic mass is 79.9. The highest BCUT2D eigenvalue weighted by molar-refractivity contribution is 9.10. The molecular weight excluding hydrogens is 366 g/mol. The van der Waals surface area contributed by atoms with Crippen molar-refractivity contribution < 1.29 is 8.42 Å². The van der Waals surface area contributed by atoms with E-state index in [4.69, 9.17) is 17.3 Å². The van der Waals surface area contributed by atoms with Gasteiger partial charge in [0.1, 0.15) is 0 Å². The molecule has 1 atom stereocenters. The van der Waals surface area contributed by atoms with Gasteiger partial charge in [-0.25, -0.2) is 0 Å². The molecule has 1 fully saturated rings. The first-order valence-corrected chi connectivity index (χ1v) is 9.00. The van der Waals surface area contributed by atoms with Crippen molar-refractivity contribution in [3.05, 3.63) is 27.7 Å². The van der Waals surface area contributed by atoms with Crippen molar-refractivity contribution in [2.45, 2.75) is 25.3 Å². The molecule has 5 nitrogen and oxygen atoms in total. The molecule has 0 bridgehead atoms. The van der Waals surface area contributed by atoms with Crippen molar-refractivity contribution in [2.24, 2.45) is 5.73 Å². The molecule has 0 aliphatic carbocycles. The molecule has 1 aliphatic rings. The molecule has 1 unspecified atom stereocenters. The number of piperidine rings is 1. The van der Waals surface area contributed by atoms with Crippen LogP contribution in [0.1, 0.15) is 19.3 Å². The van der Waals surface area contributed by atoms with Crippen LogP contribution in [-0.2, 0) is 10.2 Å². The van der Waals surface area contributed by atoms with Gasteiger partial charge < -0.3 is 5.73 Å². The monoisotopic (exact) mass is 381 g/mol. The molecule has 1 aromatic carbocycles. The van der Waals surface area contributed by atoms with Gasteiger partial charge in [0.2, 0.25) is 0 Å². The van der Waals surface area contributed by atoms with Gasteiger partial charge in [0.05, 0.1) is 10.7 Å². The second-order valence-corrected chi connectivity index (χ2v) is 7.67. The van der Waals surface area contributed by atoms with Gasteiger partial charge in [-0.1, -0.05) is 34.0 Å². The van der Waals surface area contributed by atoms with E-state index in [1.807, 2.05) is 0 Å². The smallest absolute Gasteiger partial charge is 0.301 e. The number of nitrogens with zero attached hydrogens (tertiary/aromatic N) is 1. The second-order valence-electron chi connectivity index (χ2n) is 4.73. The summed E-state index contributed by atoms with van der Waals surface area (Å²) in [7, 11) is -3.64. The zero-order valence-electron chi connectivity index (χ0n) is 10.9. The Labute approximate surface area is 132 Å². The lowest BCUT2D eigenvalue weighted by atomic mass is 10.1. The van der Waals surface area contributed by atoms with Gasteiger partial charge in [0, 0.05) is 23.6 Å². The van der Waals surface area contributed by atoms with Crippen molar-refractivity contribution in [1.29, 1.82) is 0 Å². The summed E-state index contributed by atoms with van der Waals surface area (Å²) in [6.45, 7) is 0.815. The van der Waals surface area contributed by atoms with Crippen LogP contribution in [0.25, 0.3) is 0 Å². The Bertz CT molecular complexity index is 582. The second kappa shape index (κ2) is 6.62. The fourth-order valence-corrected chi connectivity index (χ4v) is 4.40.